The van der Waals surface area contributed by atoms with Gasteiger partial charge in [-0.2, -0.15) is 0 Å². The van der Waals surface area contributed by atoms with Crippen LogP contribution < -0.4 is 10.6 Å². The Kier molecular flexibility index (Phi) is 5.27. The van der Waals surface area contributed by atoms with Crippen LogP contribution in [0.1, 0.15) is 19.6 Å². The highest BCUT2D eigenvalue weighted by atomic mass is 32.2. The molecule has 22 heavy (non-hydrogen) atoms. The molecule has 0 radical (unpaired) electrons. The summed E-state index contributed by atoms with van der Waals surface area (Å²) >= 11 is 1.44. The van der Waals surface area contributed by atoms with Crippen LogP contribution >= 0.6 is 11.8 Å². The molecule has 1 aromatic heterocycles. The number of carbonyl (C=O) groups excluding carboxylic acids is 2. The van der Waals surface area contributed by atoms with E-state index in [4.69, 9.17) is 4.42 Å². The average Bonchev–Trinajstić information content (AvgIpc) is 2.84. The Bertz CT molecular complexity index is 682. The van der Waals surface area contributed by atoms with E-state index in [0.717, 1.165) is 10.7 Å². The van der Waals surface area contributed by atoms with Gasteiger partial charge < -0.3 is 15.1 Å². The number of rotatable bonds is 5. The van der Waals surface area contributed by atoms with Gasteiger partial charge in [-0.3, -0.25) is 9.59 Å². The van der Waals surface area contributed by atoms with Gasteiger partial charge in [0, 0.05) is 23.2 Å². The second kappa shape index (κ2) is 7.17. The Balaban J connectivity index is 1.99. The Morgan fingerprint density at radius 2 is 1.86 bits per heavy atom. The van der Waals surface area contributed by atoms with Crippen molar-refractivity contribution in [2.24, 2.45) is 0 Å². The number of carbonyl (C=O) groups is 2. The predicted molar refractivity (Wildman–Crippen MR) is 88.1 cm³/mol. The van der Waals surface area contributed by atoms with Crippen molar-refractivity contribution in [3.05, 3.63) is 42.4 Å². The van der Waals surface area contributed by atoms with E-state index in [1.165, 1.54) is 18.7 Å². The lowest BCUT2D eigenvalue weighted by atomic mass is 10.2. The van der Waals surface area contributed by atoms with Crippen LogP contribution in [0.25, 0.3) is 0 Å². The quantitative estimate of drug-likeness (QED) is 0.825. The Morgan fingerprint density at radius 1 is 1.18 bits per heavy atom. The van der Waals surface area contributed by atoms with E-state index in [-0.39, 0.29) is 17.1 Å². The van der Waals surface area contributed by atoms with Crippen LogP contribution in [0.15, 0.2) is 45.9 Å². The molecule has 1 heterocycles. The number of hydrogen-bond donors (Lipinski definition) is 2. The molecule has 2 aromatic rings. The van der Waals surface area contributed by atoms with Crippen LogP contribution in [0.2, 0.25) is 0 Å². The van der Waals surface area contributed by atoms with E-state index >= 15 is 0 Å². The van der Waals surface area contributed by atoms with E-state index in [0.29, 0.717) is 11.4 Å². The molecule has 0 saturated carbocycles. The normalized spacial score (nSPS) is 11.8. The highest BCUT2D eigenvalue weighted by Crippen LogP contribution is 2.28. The molecule has 2 rings (SSSR count). The van der Waals surface area contributed by atoms with Gasteiger partial charge in [0.2, 0.25) is 11.8 Å². The van der Waals surface area contributed by atoms with Crippen molar-refractivity contribution in [1.29, 1.82) is 0 Å². The summed E-state index contributed by atoms with van der Waals surface area (Å²) in [6.07, 6.45) is 1.61. The zero-order valence-electron chi connectivity index (χ0n) is 12.7. The third kappa shape index (κ3) is 4.39. The number of furan rings is 1. The van der Waals surface area contributed by atoms with Crippen molar-refractivity contribution in [2.75, 3.05) is 10.6 Å². The number of amides is 2. The van der Waals surface area contributed by atoms with Gasteiger partial charge in [0.05, 0.1) is 11.5 Å². The minimum absolute atomic E-state index is 0.106. The first-order valence-electron chi connectivity index (χ1n) is 6.85. The van der Waals surface area contributed by atoms with Crippen molar-refractivity contribution in [3.63, 3.8) is 0 Å². The molecule has 0 saturated heterocycles. The van der Waals surface area contributed by atoms with Gasteiger partial charge in [0.1, 0.15) is 5.76 Å². The third-order valence-corrected chi connectivity index (χ3v) is 4.18. The molecule has 6 heteroatoms. The lowest BCUT2D eigenvalue weighted by Gasteiger charge is -2.12. The molecule has 2 amide bonds. The largest absolute Gasteiger partial charge is 0.468 e. The second-order valence-corrected chi connectivity index (χ2v) is 6.23. The fourth-order valence-corrected chi connectivity index (χ4v) is 2.76. The number of anilines is 2. The van der Waals surface area contributed by atoms with Gasteiger partial charge in [-0.15, -0.1) is 11.8 Å². The minimum atomic E-state index is -0.263. The summed E-state index contributed by atoms with van der Waals surface area (Å²) in [5.41, 5.74) is 1.30. The van der Waals surface area contributed by atoms with Crippen LogP contribution in [-0.4, -0.2) is 17.1 Å². The van der Waals surface area contributed by atoms with Crippen LogP contribution in [0.3, 0.4) is 0 Å². The molecule has 1 aromatic carbocycles. The van der Waals surface area contributed by atoms with Crippen molar-refractivity contribution >= 4 is 35.0 Å². The smallest absolute Gasteiger partial charge is 0.237 e. The maximum Gasteiger partial charge on any atom is 0.237 e. The Morgan fingerprint density at radius 3 is 2.45 bits per heavy atom. The fourth-order valence-electron chi connectivity index (χ4n) is 1.86. The Hall–Kier alpha value is -2.21. The highest BCUT2D eigenvalue weighted by molar-refractivity contribution is 8.00. The summed E-state index contributed by atoms with van der Waals surface area (Å²) in [6, 6.07) is 8.90. The minimum Gasteiger partial charge on any atom is -0.468 e. The topological polar surface area (TPSA) is 71.3 Å². The number of nitrogens with one attached hydrogen (secondary N) is 2. The van der Waals surface area contributed by atoms with Crippen molar-refractivity contribution in [1.82, 2.24) is 0 Å². The predicted octanol–water partition coefficient (Wildman–Crippen LogP) is 3.67. The summed E-state index contributed by atoms with van der Waals surface area (Å²) in [5, 5.41) is 5.27. The van der Waals surface area contributed by atoms with Gasteiger partial charge in [0.15, 0.2) is 0 Å². The molecule has 1 unspecified atom stereocenters. The standard InChI is InChI=1S/C16H18N2O3S/c1-10-15(7-8-21-10)22-11(2)16(20)18-14-6-4-5-13(9-14)17-12(3)19/h4-9,11H,1-3H3,(H,17,19)(H,18,20). The van der Waals surface area contributed by atoms with Crippen molar-refractivity contribution in [3.8, 4) is 0 Å². The lowest BCUT2D eigenvalue weighted by molar-refractivity contribution is -0.115. The second-order valence-electron chi connectivity index (χ2n) is 4.85. The molecule has 0 bridgehead atoms. The molecule has 0 fully saturated rings. The van der Waals surface area contributed by atoms with E-state index in [1.807, 2.05) is 19.9 Å². The first-order valence-corrected chi connectivity index (χ1v) is 7.73. The number of hydrogen-bond acceptors (Lipinski definition) is 4. The molecule has 5 nitrogen and oxygen atoms in total. The summed E-state index contributed by atoms with van der Waals surface area (Å²) in [7, 11) is 0. The molecular weight excluding hydrogens is 300 g/mol. The van der Waals surface area contributed by atoms with Gasteiger partial charge in [-0.05, 0) is 38.1 Å². The molecule has 2 N–H and O–H groups in total. The first kappa shape index (κ1) is 16.2. The highest BCUT2D eigenvalue weighted by Gasteiger charge is 2.16. The fraction of sp³-hybridized carbons (Fsp3) is 0.250. The molecule has 1 atom stereocenters. The molecule has 116 valence electrons. The number of benzene rings is 1. The van der Waals surface area contributed by atoms with Crippen molar-refractivity contribution < 1.29 is 14.0 Å². The summed E-state index contributed by atoms with van der Waals surface area (Å²) in [6.45, 7) is 5.14. The molecule has 0 aliphatic carbocycles. The third-order valence-electron chi connectivity index (χ3n) is 2.93. The maximum atomic E-state index is 12.2. The van der Waals surface area contributed by atoms with Gasteiger partial charge >= 0.3 is 0 Å². The summed E-state index contributed by atoms with van der Waals surface area (Å²) in [5.74, 6) is 0.547. The van der Waals surface area contributed by atoms with E-state index in [1.54, 1.807) is 30.5 Å². The maximum absolute atomic E-state index is 12.2. The van der Waals surface area contributed by atoms with Crippen LogP contribution in [0.4, 0.5) is 11.4 Å². The van der Waals surface area contributed by atoms with Crippen LogP contribution in [0.5, 0.6) is 0 Å². The SMILES string of the molecule is CC(=O)Nc1cccc(NC(=O)C(C)Sc2ccoc2C)c1. The molecule has 0 spiro atoms. The lowest BCUT2D eigenvalue weighted by Crippen LogP contribution is -2.22. The molecular formula is C16H18N2O3S. The van der Waals surface area contributed by atoms with E-state index < -0.39 is 0 Å². The van der Waals surface area contributed by atoms with Crippen molar-refractivity contribution in [2.45, 2.75) is 30.9 Å². The van der Waals surface area contributed by atoms with Crippen LogP contribution in [0, 0.1) is 6.92 Å². The number of aryl methyl sites for hydroxylation is 1. The first-order chi connectivity index (χ1) is 10.5. The van der Waals surface area contributed by atoms with Gasteiger partial charge in [-0.1, -0.05) is 6.07 Å². The summed E-state index contributed by atoms with van der Waals surface area (Å²) < 4.78 is 5.22. The van der Waals surface area contributed by atoms with E-state index in [2.05, 4.69) is 10.6 Å². The van der Waals surface area contributed by atoms with E-state index in [9.17, 15) is 9.59 Å². The zero-order chi connectivity index (χ0) is 16.1. The monoisotopic (exact) mass is 318 g/mol. The van der Waals surface area contributed by atoms with Crippen LogP contribution in [-0.2, 0) is 9.59 Å². The number of thioether (sulfide) groups is 1. The Labute approximate surface area is 133 Å². The van der Waals surface area contributed by atoms with Gasteiger partial charge in [-0.25, -0.2) is 0 Å². The molecule has 0 aliphatic heterocycles. The molecule has 0 aliphatic rings. The summed E-state index contributed by atoms with van der Waals surface area (Å²) in [4.78, 5) is 24.2. The zero-order valence-corrected chi connectivity index (χ0v) is 13.5. The van der Waals surface area contributed by atoms with Gasteiger partial charge in [0.25, 0.3) is 0 Å². The average molecular weight is 318 g/mol.